The monoisotopic (exact) mass is 192 g/mol. The van der Waals surface area contributed by atoms with Crippen LogP contribution in [-0.4, -0.2) is 8.42 Å². The Labute approximate surface area is 69.8 Å². The van der Waals surface area contributed by atoms with Crippen LogP contribution in [0.25, 0.3) is 0 Å². The quantitative estimate of drug-likeness (QED) is 0.679. The molecule has 0 saturated carbocycles. The largest absolute Gasteiger partial charge is 0.227 e. The highest BCUT2D eigenvalue weighted by Crippen LogP contribution is 2.16. The van der Waals surface area contributed by atoms with E-state index in [1.54, 1.807) is 0 Å². The van der Waals surface area contributed by atoms with Crippen molar-refractivity contribution in [1.82, 2.24) is 0 Å². The second-order valence-corrected chi connectivity index (χ2v) is 3.26. The van der Waals surface area contributed by atoms with Crippen molar-refractivity contribution in [2.75, 3.05) is 0 Å². The zero-order chi connectivity index (χ0) is 9.30. The van der Waals surface area contributed by atoms with Crippen LogP contribution in [0.4, 0.5) is 8.78 Å². The van der Waals surface area contributed by atoms with Crippen molar-refractivity contribution in [3.05, 3.63) is 29.3 Å². The summed E-state index contributed by atoms with van der Waals surface area (Å²) < 4.78 is 46.2. The summed E-state index contributed by atoms with van der Waals surface area (Å²) in [4.78, 5) is -0.469. The number of hydrogen-bond acceptors (Lipinski definition) is 2. The van der Waals surface area contributed by atoms with E-state index < -0.39 is 27.2 Å². The summed E-state index contributed by atoms with van der Waals surface area (Å²) >= 11 is 0. The number of hydrogen-bond donors (Lipinski definition) is 1. The first kappa shape index (κ1) is 9.12. The van der Waals surface area contributed by atoms with E-state index in [0.717, 1.165) is 12.1 Å². The van der Waals surface area contributed by atoms with Crippen molar-refractivity contribution < 1.29 is 17.2 Å². The molecule has 5 heteroatoms. The molecule has 12 heavy (non-hydrogen) atoms. The van der Waals surface area contributed by atoms with E-state index in [2.05, 4.69) is 0 Å². The summed E-state index contributed by atoms with van der Waals surface area (Å²) in [6.45, 7) is 1.19. The Morgan fingerprint density at radius 3 is 2.33 bits per heavy atom. The SMILES string of the molecule is Cc1c(F)ccc([SH](=O)=O)c1F. The Bertz CT molecular complexity index is 377. The van der Waals surface area contributed by atoms with Gasteiger partial charge in [0.25, 0.3) is 0 Å². The fourth-order valence-electron chi connectivity index (χ4n) is 0.788. The molecule has 1 rings (SSSR count). The maximum Gasteiger partial charge on any atom is 0.171 e. The molecule has 1 aromatic rings. The molecule has 0 aliphatic rings. The minimum Gasteiger partial charge on any atom is -0.227 e. The first-order valence-electron chi connectivity index (χ1n) is 3.13. The van der Waals surface area contributed by atoms with E-state index in [0.29, 0.717) is 0 Å². The number of benzene rings is 1. The maximum absolute atomic E-state index is 12.9. The second kappa shape index (κ2) is 3.18. The molecule has 0 aliphatic heterocycles. The molecule has 0 aliphatic carbocycles. The zero-order valence-corrected chi connectivity index (χ0v) is 7.07. The summed E-state index contributed by atoms with van der Waals surface area (Å²) in [6, 6.07) is 1.84. The third kappa shape index (κ3) is 1.45. The molecule has 2 nitrogen and oxygen atoms in total. The summed E-state index contributed by atoms with van der Waals surface area (Å²) in [5, 5.41) is 0. The summed E-state index contributed by atoms with van der Waals surface area (Å²) in [5.74, 6) is -1.75. The lowest BCUT2D eigenvalue weighted by atomic mass is 10.2. The normalized spacial score (nSPS) is 10.7. The van der Waals surface area contributed by atoms with Crippen molar-refractivity contribution >= 4 is 10.7 Å². The van der Waals surface area contributed by atoms with Gasteiger partial charge in [0.1, 0.15) is 16.5 Å². The third-order valence-electron chi connectivity index (χ3n) is 1.50. The Balaban J connectivity index is 3.46. The Morgan fingerprint density at radius 2 is 1.83 bits per heavy atom. The van der Waals surface area contributed by atoms with Gasteiger partial charge in [0.05, 0.1) is 0 Å². The molecule has 0 fully saturated rings. The zero-order valence-electron chi connectivity index (χ0n) is 6.17. The second-order valence-electron chi connectivity index (χ2n) is 2.26. The van der Waals surface area contributed by atoms with Gasteiger partial charge in [-0.3, -0.25) is 0 Å². The van der Waals surface area contributed by atoms with Crippen LogP contribution in [0.5, 0.6) is 0 Å². The van der Waals surface area contributed by atoms with E-state index in [1.165, 1.54) is 6.92 Å². The Morgan fingerprint density at radius 1 is 1.25 bits per heavy atom. The molecule has 0 atom stereocenters. The van der Waals surface area contributed by atoms with Crippen molar-refractivity contribution in [3.63, 3.8) is 0 Å². The predicted octanol–water partition coefficient (Wildman–Crippen LogP) is 1.24. The number of halogens is 2. The summed E-state index contributed by atoms with van der Waals surface area (Å²) in [6.07, 6.45) is 0. The van der Waals surface area contributed by atoms with Crippen LogP contribution in [0.1, 0.15) is 5.56 Å². The smallest absolute Gasteiger partial charge is 0.171 e. The van der Waals surface area contributed by atoms with Gasteiger partial charge in [-0.15, -0.1) is 0 Å². The number of rotatable bonds is 1. The highest BCUT2D eigenvalue weighted by atomic mass is 32.2. The van der Waals surface area contributed by atoms with Crippen LogP contribution in [-0.2, 0) is 10.7 Å². The molecule has 0 bridgehead atoms. The highest BCUT2D eigenvalue weighted by molar-refractivity contribution is 7.72. The minimum absolute atomic E-state index is 0.272. The van der Waals surface area contributed by atoms with Gasteiger partial charge in [-0.25, -0.2) is 17.2 Å². The topological polar surface area (TPSA) is 34.1 Å². The van der Waals surface area contributed by atoms with Gasteiger partial charge in [0, 0.05) is 5.56 Å². The van der Waals surface area contributed by atoms with Crippen LogP contribution >= 0.6 is 0 Å². The molecule has 0 aromatic heterocycles. The van der Waals surface area contributed by atoms with Crippen LogP contribution in [0.15, 0.2) is 17.0 Å². The van der Waals surface area contributed by atoms with Gasteiger partial charge >= 0.3 is 0 Å². The van der Waals surface area contributed by atoms with Crippen molar-refractivity contribution in [2.24, 2.45) is 0 Å². The minimum atomic E-state index is -2.99. The van der Waals surface area contributed by atoms with Crippen LogP contribution in [0.2, 0.25) is 0 Å². The van der Waals surface area contributed by atoms with Gasteiger partial charge in [-0.05, 0) is 19.1 Å². The molecule has 66 valence electrons. The third-order valence-corrected chi connectivity index (χ3v) is 2.24. The average Bonchev–Trinajstić information content (AvgIpc) is 2.00. The fraction of sp³-hybridized carbons (Fsp3) is 0.143. The molecular formula is C7H6F2O2S. The molecule has 1 aromatic carbocycles. The van der Waals surface area contributed by atoms with Crippen molar-refractivity contribution in [2.45, 2.75) is 11.8 Å². The average molecular weight is 192 g/mol. The van der Waals surface area contributed by atoms with Crippen molar-refractivity contribution in [1.29, 1.82) is 0 Å². The van der Waals surface area contributed by atoms with Crippen LogP contribution in [0, 0.1) is 18.6 Å². The Kier molecular flexibility index (Phi) is 2.42. The van der Waals surface area contributed by atoms with E-state index in [9.17, 15) is 17.2 Å². The van der Waals surface area contributed by atoms with Gasteiger partial charge in [-0.2, -0.15) is 0 Å². The highest BCUT2D eigenvalue weighted by Gasteiger charge is 2.10. The van der Waals surface area contributed by atoms with E-state index >= 15 is 0 Å². The lowest BCUT2D eigenvalue weighted by Crippen LogP contribution is -1.94. The summed E-state index contributed by atoms with van der Waals surface area (Å²) in [7, 11) is -2.99. The van der Waals surface area contributed by atoms with Gasteiger partial charge in [-0.1, -0.05) is 0 Å². The molecule has 0 N–H and O–H groups in total. The fourth-order valence-corrected chi connectivity index (χ4v) is 1.31. The lowest BCUT2D eigenvalue weighted by Gasteiger charge is -1.99. The molecule has 0 amide bonds. The molecule has 0 spiro atoms. The first-order chi connectivity index (χ1) is 5.54. The van der Waals surface area contributed by atoms with Gasteiger partial charge in [0.15, 0.2) is 10.7 Å². The molecule has 0 saturated heterocycles. The maximum atomic E-state index is 12.9. The van der Waals surface area contributed by atoms with Crippen LogP contribution < -0.4 is 0 Å². The van der Waals surface area contributed by atoms with Gasteiger partial charge < -0.3 is 0 Å². The van der Waals surface area contributed by atoms with Crippen molar-refractivity contribution in [3.8, 4) is 0 Å². The molecule has 0 radical (unpaired) electrons. The predicted molar refractivity (Wildman–Crippen MR) is 39.7 cm³/mol. The van der Waals surface area contributed by atoms with Gasteiger partial charge in [0.2, 0.25) is 0 Å². The van der Waals surface area contributed by atoms with Crippen LogP contribution in [0.3, 0.4) is 0 Å². The van der Waals surface area contributed by atoms with E-state index in [1.807, 2.05) is 0 Å². The molecular weight excluding hydrogens is 186 g/mol. The first-order valence-corrected chi connectivity index (χ1v) is 4.30. The lowest BCUT2D eigenvalue weighted by molar-refractivity contribution is 0.542. The number of thiol groups is 1. The molecule has 0 heterocycles. The van der Waals surface area contributed by atoms with E-state index in [4.69, 9.17) is 0 Å². The summed E-state index contributed by atoms with van der Waals surface area (Å²) in [5.41, 5.74) is -0.272. The standard InChI is InChI=1S/C7H6F2O2S/c1-4-5(8)2-3-6(7(4)9)12(10)11/h2-3,12H,1H3. The molecule has 0 unspecified atom stereocenters. The van der Waals surface area contributed by atoms with E-state index in [-0.39, 0.29) is 5.56 Å². The Hall–Kier alpha value is -0.970.